The minimum absolute atomic E-state index is 0.114. The van der Waals surface area contributed by atoms with Crippen LogP contribution in [0.1, 0.15) is 28.8 Å². The van der Waals surface area contributed by atoms with Gasteiger partial charge in [0.2, 0.25) is 0 Å². The summed E-state index contributed by atoms with van der Waals surface area (Å²) in [5.41, 5.74) is 3.26. The van der Waals surface area contributed by atoms with Gasteiger partial charge >= 0.3 is 0 Å². The number of benzene rings is 2. The molecule has 0 bridgehead atoms. The van der Waals surface area contributed by atoms with Crippen molar-refractivity contribution in [2.45, 2.75) is 19.1 Å². The number of ether oxygens (including phenoxy) is 1. The first-order valence-electron chi connectivity index (χ1n) is 8.11. The van der Waals surface area contributed by atoms with Gasteiger partial charge in [0.1, 0.15) is 0 Å². The van der Waals surface area contributed by atoms with E-state index in [2.05, 4.69) is 41.4 Å². The van der Waals surface area contributed by atoms with Gasteiger partial charge in [0.05, 0.1) is 6.04 Å². The number of likely N-dealkylation sites (N-methyl/N-ethyl adjacent to an activating group) is 1. The van der Waals surface area contributed by atoms with Crippen molar-refractivity contribution in [1.82, 2.24) is 10.2 Å². The molecule has 24 heavy (non-hydrogen) atoms. The molecule has 0 aromatic heterocycles. The van der Waals surface area contributed by atoms with E-state index in [-0.39, 0.29) is 11.9 Å². The average Bonchev–Trinajstić information content (AvgIpc) is 2.58. The number of aryl methyl sites for hydroxylation is 1. The summed E-state index contributed by atoms with van der Waals surface area (Å²) in [4.78, 5) is 14.6. The standard InChI is InChI=1S/C20H26N2O2/c1-15-10-12-16(13-11-15)18(22(2)3)14-21-20(23)19(24-4)17-8-6-5-7-9-17/h5-13,18-19H,14H2,1-4H3,(H,21,23)/t18-,19+/m1/s1. The predicted molar refractivity (Wildman–Crippen MR) is 96.8 cm³/mol. The zero-order valence-corrected chi connectivity index (χ0v) is 14.8. The maximum atomic E-state index is 12.5. The van der Waals surface area contributed by atoms with Crippen LogP contribution in [0.5, 0.6) is 0 Å². The molecular formula is C20H26N2O2. The van der Waals surface area contributed by atoms with Crippen molar-refractivity contribution in [1.29, 1.82) is 0 Å². The summed E-state index contributed by atoms with van der Waals surface area (Å²) in [6, 6.07) is 18.1. The zero-order chi connectivity index (χ0) is 17.5. The highest BCUT2D eigenvalue weighted by Crippen LogP contribution is 2.20. The van der Waals surface area contributed by atoms with Crippen LogP contribution in [0.25, 0.3) is 0 Å². The summed E-state index contributed by atoms with van der Waals surface area (Å²) in [5.74, 6) is -0.123. The predicted octanol–water partition coefficient (Wildman–Crippen LogP) is 3.10. The number of amides is 1. The number of nitrogens with zero attached hydrogens (tertiary/aromatic N) is 1. The van der Waals surface area contributed by atoms with Crippen molar-refractivity contribution in [3.8, 4) is 0 Å². The van der Waals surface area contributed by atoms with Crippen LogP contribution in [-0.4, -0.2) is 38.6 Å². The summed E-state index contributed by atoms with van der Waals surface area (Å²) >= 11 is 0. The van der Waals surface area contributed by atoms with Crippen LogP contribution in [0.4, 0.5) is 0 Å². The normalized spacial score (nSPS) is 13.5. The molecule has 2 aromatic rings. The number of rotatable bonds is 7. The van der Waals surface area contributed by atoms with Crippen LogP contribution in [0.3, 0.4) is 0 Å². The summed E-state index contributed by atoms with van der Waals surface area (Å²) in [7, 11) is 5.59. The lowest BCUT2D eigenvalue weighted by atomic mass is 10.0. The van der Waals surface area contributed by atoms with Gasteiger partial charge in [-0.15, -0.1) is 0 Å². The van der Waals surface area contributed by atoms with Gasteiger partial charge in [-0.25, -0.2) is 0 Å². The van der Waals surface area contributed by atoms with Crippen LogP contribution in [-0.2, 0) is 9.53 Å². The highest BCUT2D eigenvalue weighted by Gasteiger charge is 2.22. The monoisotopic (exact) mass is 326 g/mol. The topological polar surface area (TPSA) is 41.6 Å². The third kappa shape index (κ3) is 4.66. The molecule has 0 aliphatic rings. The van der Waals surface area contributed by atoms with Gasteiger partial charge in [-0.2, -0.15) is 0 Å². The number of methoxy groups -OCH3 is 1. The smallest absolute Gasteiger partial charge is 0.253 e. The minimum atomic E-state index is -0.591. The molecule has 0 unspecified atom stereocenters. The summed E-state index contributed by atoms with van der Waals surface area (Å²) in [6.07, 6.45) is -0.591. The Hall–Kier alpha value is -2.17. The van der Waals surface area contributed by atoms with Gasteiger partial charge < -0.3 is 15.0 Å². The molecule has 1 amide bonds. The van der Waals surface area contributed by atoms with Gasteiger partial charge in [0.25, 0.3) is 5.91 Å². The van der Waals surface area contributed by atoms with Crippen LogP contribution in [0.2, 0.25) is 0 Å². The third-order valence-electron chi connectivity index (χ3n) is 4.13. The lowest BCUT2D eigenvalue weighted by Gasteiger charge is -2.26. The van der Waals surface area contributed by atoms with Crippen molar-refractivity contribution >= 4 is 5.91 Å². The molecule has 2 aromatic carbocycles. The van der Waals surface area contributed by atoms with E-state index in [0.717, 1.165) is 5.56 Å². The van der Waals surface area contributed by atoms with Gasteiger partial charge in [-0.05, 0) is 32.1 Å². The fourth-order valence-corrected chi connectivity index (χ4v) is 2.70. The Labute approximate surface area is 144 Å². The van der Waals surface area contributed by atoms with E-state index in [0.29, 0.717) is 6.54 Å². The number of hydrogen-bond donors (Lipinski definition) is 1. The maximum Gasteiger partial charge on any atom is 0.253 e. The first kappa shape index (κ1) is 18.2. The largest absolute Gasteiger partial charge is 0.367 e. The van der Waals surface area contributed by atoms with Crippen molar-refractivity contribution in [3.05, 3.63) is 71.3 Å². The van der Waals surface area contributed by atoms with Gasteiger partial charge in [-0.1, -0.05) is 60.2 Å². The molecule has 2 atom stereocenters. The molecule has 0 fully saturated rings. The fraction of sp³-hybridized carbons (Fsp3) is 0.350. The van der Waals surface area contributed by atoms with Crippen molar-refractivity contribution in [3.63, 3.8) is 0 Å². The Morgan fingerprint density at radius 3 is 2.21 bits per heavy atom. The number of carbonyl (C=O) groups is 1. The van der Waals surface area contributed by atoms with Gasteiger partial charge in [0, 0.05) is 13.7 Å². The lowest BCUT2D eigenvalue weighted by Crippen LogP contribution is -2.37. The number of hydrogen-bond acceptors (Lipinski definition) is 3. The average molecular weight is 326 g/mol. The Kier molecular flexibility index (Phi) is 6.53. The van der Waals surface area contributed by atoms with E-state index in [1.165, 1.54) is 11.1 Å². The molecule has 0 saturated carbocycles. The third-order valence-corrected chi connectivity index (χ3v) is 4.13. The molecule has 128 valence electrons. The lowest BCUT2D eigenvalue weighted by molar-refractivity contribution is -0.131. The second kappa shape index (κ2) is 8.62. The Morgan fingerprint density at radius 1 is 1.04 bits per heavy atom. The molecular weight excluding hydrogens is 300 g/mol. The highest BCUT2D eigenvalue weighted by molar-refractivity contribution is 5.82. The quantitative estimate of drug-likeness (QED) is 0.850. The Bertz CT molecular complexity index is 638. The van der Waals surface area contributed by atoms with Crippen molar-refractivity contribution < 1.29 is 9.53 Å². The highest BCUT2D eigenvalue weighted by atomic mass is 16.5. The minimum Gasteiger partial charge on any atom is -0.367 e. The van der Waals surface area contributed by atoms with E-state index in [9.17, 15) is 4.79 Å². The summed E-state index contributed by atoms with van der Waals surface area (Å²) in [6.45, 7) is 2.60. The van der Waals surface area contributed by atoms with E-state index in [1.807, 2.05) is 44.4 Å². The first-order valence-corrected chi connectivity index (χ1v) is 8.11. The molecule has 0 heterocycles. The van der Waals surface area contributed by atoms with Crippen LogP contribution >= 0.6 is 0 Å². The summed E-state index contributed by atoms with van der Waals surface area (Å²) < 4.78 is 5.39. The Balaban J connectivity index is 2.05. The number of nitrogens with one attached hydrogen (secondary N) is 1. The van der Waals surface area contributed by atoms with Crippen LogP contribution in [0, 0.1) is 6.92 Å². The Morgan fingerprint density at radius 2 is 1.67 bits per heavy atom. The molecule has 2 rings (SSSR count). The van der Waals surface area contributed by atoms with Gasteiger partial charge in [-0.3, -0.25) is 4.79 Å². The second-order valence-electron chi connectivity index (χ2n) is 6.16. The zero-order valence-electron chi connectivity index (χ0n) is 14.8. The molecule has 0 spiro atoms. The molecule has 4 nitrogen and oxygen atoms in total. The molecule has 1 N–H and O–H groups in total. The maximum absolute atomic E-state index is 12.5. The summed E-state index contributed by atoms with van der Waals surface area (Å²) in [5, 5.41) is 3.02. The van der Waals surface area contributed by atoms with E-state index in [4.69, 9.17) is 4.74 Å². The first-order chi connectivity index (χ1) is 11.5. The van der Waals surface area contributed by atoms with Crippen molar-refractivity contribution in [2.75, 3.05) is 27.7 Å². The van der Waals surface area contributed by atoms with E-state index >= 15 is 0 Å². The molecule has 0 saturated heterocycles. The van der Waals surface area contributed by atoms with Crippen molar-refractivity contribution in [2.24, 2.45) is 0 Å². The fourth-order valence-electron chi connectivity index (χ4n) is 2.70. The molecule has 0 aliphatic heterocycles. The molecule has 4 heteroatoms. The van der Waals surface area contributed by atoms with Crippen LogP contribution in [0.15, 0.2) is 54.6 Å². The number of carbonyl (C=O) groups excluding carboxylic acids is 1. The molecule has 0 aliphatic carbocycles. The second-order valence-corrected chi connectivity index (χ2v) is 6.16. The van der Waals surface area contributed by atoms with E-state index in [1.54, 1.807) is 7.11 Å². The SMILES string of the molecule is CO[C@H](C(=O)NC[C@H](c1ccc(C)cc1)N(C)C)c1ccccc1. The van der Waals surface area contributed by atoms with E-state index < -0.39 is 6.10 Å². The van der Waals surface area contributed by atoms with Crippen LogP contribution < -0.4 is 5.32 Å². The molecule has 0 radical (unpaired) electrons. The van der Waals surface area contributed by atoms with Gasteiger partial charge in [0.15, 0.2) is 6.10 Å².